The van der Waals surface area contributed by atoms with Crippen molar-refractivity contribution < 1.29 is 12.8 Å². The molecule has 1 heterocycles. The van der Waals surface area contributed by atoms with Crippen LogP contribution >= 0.6 is 24.0 Å². The number of aromatic nitrogens is 1. The van der Waals surface area contributed by atoms with Crippen molar-refractivity contribution in [3.05, 3.63) is 42.3 Å². The Kier molecular flexibility index (Phi) is 7.26. The molecule has 0 radical (unpaired) electrons. The second-order valence-corrected chi connectivity index (χ2v) is 9.00. The van der Waals surface area contributed by atoms with Gasteiger partial charge in [-0.15, -0.1) is 24.0 Å². The van der Waals surface area contributed by atoms with E-state index in [-0.39, 0.29) is 35.1 Å². The minimum absolute atomic E-state index is 0. The van der Waals surface area contributed by atoms with Gasteiger partial charge in [-0.05, 0) is 25.0 Å². The molecule has 3 rings (SSSR count). The summed E-state index contributed by atoms with van der Waals surface area (Å²) < 4.78 is 28.6. The maximum atomic E-state index is 11.5. The van der Waals surface area contributed by atoms with E-state index < -0.39 is 9.84 Å². The van der Waals surface area contributed by atoms with E-state index in [2.05, 4.69) is 20.6 Å². The molecule has 148 valence electrons. The topological polar surface area (TPSA) is 96.6 Å². The Balaban J connectivity index is 0.00000261. The molecule has 0 amide bonds. The Morgan fingerprint density at radius 3 is 2.56 bits per heavy atom. The smallest absolute Gasteiger partial charge is 0.226 e. The number of aliphatic imine (C=N–C) groups is 1. The van der Waals surface area contributed by atoms with Gasteiger partial charge in [-0.2, -0.15) is 0 Å². The maximum Gasteiger partial charge on any atom is 0.226 e. The Labute approximate surface area is 177 Å². The molecule has 0 saturated heterocycles. The fraction of sp³-hybridized carbons (Fsp3) is 0.444. The zero-order chi connectivity index (χ0) is 18.6. The quantitative estimate of drug-likeness (QED) is 0.342. The van der Waals surface area contributed by atoms with Gasteiger partial charge < -0.3 is 15.1 Å². The lowest BCUT2D eigenvalue weighted by molar-refractivity contribution is 0.529. The minimum atomic E-state index is -2.98. The highest BCUT2D eigenvalue weighted by Gasteiger charge is 2.45. The summed E-state index contributed by atoms with van der Waals surface area (Å²) in [5.41, 5.74) is 1.54. The van der Waals surface area contributed by atoms with E-state index >= 15 is 0 Å². The van der Waals surface area contributed by atoms with Gasteiger partial charge in [0.2, 0.25) is 5.89 Å². The maximum absolute atomic E-state index is 11.5. The molecule has 2 N–H and O–H groups in total. The highest BCUT2D eigenvalue weighted by Crippen LogP contribution is 2.45. The van der Waals surface area contributed by atoms with Gasteiger partial charge in [0.1, 0.15) is 16.1 Å². The predicted molar refractivity (Wildman–Crippen MR) is 117 cm³/mol. The first-order chi connectivity index (χ1) is 12.4. The van der Waals surface area contributed by atoms with E-state index in [1.54, 1.807) is 13.3 Å². The number of rotatable bonds is 7. The molecule has 0 spiro atoms. The van der Waals surface area contributed by atoms with Crippen LogP contribution in [0.3, 0.4) is 0 Å². The number of nitrogens with one attached hydrogen (secondary N) is 2. The molecule has 0 unspecified atom stereocenters. The monoisotopic (exact) mass is 504 g/mol. The molecule has 27 heavy (non-hydrogen) atoms. The Morgan fingerprint density at radius 2 is 1.96 bits per heavy atom. The van der Waals surface area contributed by atoms with E-state index in [1.807, 2.05) is 30.3 Å². The summed E-state index contributed by atoms with van der Waals surface area (Å²) in [4.78, 5) is 8.65. The third-order valence-electron chi connectivity index (χ3n) is 4.39. The lowest BCUT2D eigenvalue weighted by Crippen LogP contribution is -2.41. The number of benzene rings is 1. The van der Waals surface area contributed by atoms with Gasteiger partial charge in [-0.3, -0.25) is 4.99 Å². The van der Waals surface area contributed by atoms with E-state index in [4.69, 9.17) is 4.42 Å². The summed E-state index contributed by atoms with van der Waals surface area (Å²) in [7, 11) is -1.29. The van der Waals surface area contributed by atoms with Gasteiger partial charge in [-0.25, -0.2) is 13.4 Å². The van der Waals surface area contributed by atoms with Crippen LogP contribution < -0.4 is 10.6 Å². The molecule has 0 aliphatic heterocycles. The summed E-state index contributed by atoms with van der Waals surface area (Å²) in [5.74, 6) is 1.41. The molecule has 7 nitrogen and oxygen atoms in total. The van der Waals surface area contributed by atoms with Crippen LogP contribution in [-0.2, 0) is 16.4 Å². The highest BCUT2D eigenvalue weighted by atomic mass is 127. The molecule has 1 aromatic carbocycles. The largest absolute Gasteiger partial charge is 0.444 e. The van der Waals surface area contributed by atoms with Crippen molar-refractivity contribution in [2.75, 3.05) is 25.6 Å². The minimum Gasteiger partial charge on any atom is -0.444 e. The van der Waals surface area contributed by atoms with Crippen LogP contribution in [0.1, 0.15) is 18.5 Å². The zero-order valence-corrected chi connectivity index (χ0v) is 18.6. The number of nitrogens with zero attached hydrogens (tertiary/aromatic N) is 2. The Hall–Kier alpha value is -1.62. The highest BCUT2D eigenvalue weighted by molar-refractivity contribution is 14.0. The Bertz CT molecular complexity index is 877. The molecule has 1 aliphatic carbocycles. The van der Waals surface area contributed by atoms with Gasteiger partial charge in [0, 0.05) is 30.8 Å². The summed E-state index contributed by atoms with van der Waals surface area (Å²) in [6.07, 6.45) is 4.76. The van der Waals surface area contributed by atoms with E-state index in [1.165, 1.54) is 6.26 Å². The molecule has 1 aliphatic rings. The van der Waals surface area contributed by atoms with Crippen molar-refractivity contribution in [1.29, 1.82) is 0 Å². The van der Waals surface area contributed by atoms with Crippen molar-refractivity contribution >= 4 is 39.8 Å². The van der Waals surface area contributed by atoms with Crippen LogP contribution in [0.25, 0.3) is 11.5 Å². The standard InChI is InChI=1S/C18H24N4O3S.HI/c1-19-17(21-12-18(8-9-18)13-26(2,23)24)20-10-15-11-25-16(22-15)14-6-4-3-5-7-14;/h3-7,11H,8-10,12-13H2,1-2H3,(H2,19,20,21);1H. The zero-order valence-electron chi connectivity index (χ0n) is 15.4. The van der Waals surface area contributed by atoms with Crippen LogP contribution in [0.15, 0.2) is 46.0 Å². The first-order valence-electron chi connectivity index (χ1n) is 8.51. The van der Waals surface area contributed by atoms with Gasteiger partial charge >= 0.3 is 0 Å². The molecular weight excluding hydrogens is 479 g/mol. The Morgan fingerprint density at radius 1 is 1.26 bits per heavy atom. The van der Waals surface area contributed by atoms with Gasteiger partial charge in [0.05, 0.1) is 18.0 Å². The molecule has 2 aromatic rings. The van der Waals surface area contributed by atoms with Crippen molar-refractivity contribution in [1.82, 2.24) is 15.6 Å². The lowest BCUT2D eigenvalue weighted by Gasteiger charge is -2.17. The number of oxazole rings is 1. The van der Waals surface area contributed by atoms with Crippen LogP contribution in [0, 0.1) is 5.41 Å². The fourth-order valence-electron chi connectivity index (χ4n) is 2.87. The summed E-state index contributed by atoms with van der Waals surface area (Å²) in [6, 6.07) is 9.71. The molecule has 9 heteroatoms. The summed E-state index contributed by atoms with van der Waals surface area (Å²) in [6.45, 7) is 1.06. The normalized spacial score (nSPS) is 15.7. The molecule has 1 saturated carbocycles. The number of hydrogen-bond acceptors (Lipinski definition) is 5. The molecule has 0 bridgehead atoms. The molecule has 1 aromatic heterocycles. The van der Waals surface area contributed by atoms with Crippen molar-refractivity contribution in [2.24, 2.45) is 10.4 Å². The van der Waals surface area contributed by atoms with Crippen LogP contribution in [-0.4, -0.2) is 45.0 Å². The number of halogens is 1. The average molecular weight is 504 g/mol. The van der Waals surface area contributed by atoms with Crippen LogP contribution in [0.5, 0.6) is 0 Å². The number of guanidine groups is 1. The lowest BCUT2D eigenvalue weighted by atomic mass is 10.1. The first kappa shape index (κ1) is 21.7. The second kappa shape index (κ2) is 9.05. The summed E-state index contributed by atoms with van der Waals surface area (Å²) >= 11 is 0. The van der Waals surface area contributed by atoms with E-state index in [9.17, 15) is 8.42 Å². The van der Waals surface area contributed by atoms with Gasteiger partial charge in [0.15, 0.2) is 5.96 Å². The number of sulfone groups is 1. The van der Waals surface area contributed by atoms with Crippen molar-refractivity contribution in [3.63, 3.8) is 0 Å². The summed E-state index contributed by atoms with van der Waals surface area (Å²) in [5, 5.41) is 6.40. The third-order valence-corrected chi connectivity index (χ3v) is 5.53. The fourth-order valence-corrected chi connectivity index (χ4v) is 4.38. The SMILES string of the molecule is CN=C(NCc1coc(-c2ccccc2)n1)NCC1(CS(C)(=O)=O)CC1.I. The van der Waals surface area contributed by atoms with E-state index in [0.29, 0.717) is 24.9 Å². The number of hydrogen-bond donors (Lipinski definition) is 2. The van der Waals surface area contributed by atoms with Gasteiger partial charge in [-0.1, -0.05) is 18.2 Å². The predicted octanol–water partition coefficient (Wildman–Crippen LogP) is 2.45. The van der Waals surface area contributed by atoms with Gasteiger partial charge in [0.25, 0.3) is 0 Å². The first-order valence-corrected chi connectivity index (χ1v) is 10.6. The molecular formula is C18H25IN4O3S. The third kappa shape index (κ3) is 6.49. The van der Waals surface area contributed by atoms with Crippen LogP contribution in [0.4, 0.5) is 0 Å². The van der Waals surface area contributed by atoms with Crippen LogP contribution in [0.2, 0.25) is 0 Å². The van der Waals surface area contributed by atoms with Crippen molar-refractivity contribution in [2.45, 2.75) is 19.4 Å². The molecule has 0 atom stereocenters. The molecule has 1 fully saturated rings. The van der Waals surface area contributed by atoms with E-state index in [0.717, 1.165) is 24.1 Å². The second-order valence-electron chi connectivity index (χ2n) is 6.86. The average Bonchev–Trinajstić information content (AvgIpc) is 3.18. The van der Waals surface area contributed by atoms with Crippen molar-refractivity contribution in [3.8, 4) is 11.5 Å².